The highest BCUT2D eigenvalue weighted by atomic mass is 32.2. The summed E-state index contributed by atoms with van der Waals surface area (Å²) >= 11 is 0. The molecule has 0 saturated heterocycles. The van der Waals surface area contributed by atoms with Gasteiger partial charge in [-0.25, -0.2) is 23.1 Å². The van der Waals surface area contributed by atoms with E-state index in [0.717, 1.165) is 70.0 Å². The molecule has 1 aliphatic heterocycles. The standard InChI is InChI=1S/C37H35N5O3S/c1-3-34-39-36-25(2)21-29(31-24-41-20-10-9-15-35(41)38-31)22-32(36)42(34)23-26-16-18-27(19-17-26)30-13-7-8-14-33(30)46(44,45)40-37(43)28-11-5-4-6-12-28/h4-8,11-14,16-19,21-22,24H,3,9-10,15,20,23H2,1-2H3,(H,40,43). The van der Waals surface area contributed by atoms with Gasteiger partial charge in [-0.1, -0.05) is 67.6 Å². The number of sulfonamides is 1. The summed E-state index contributed by atoms with van der Waals surface area (Å²) in [6, 6.07) is 27.3. The number of amides is 1. The minimum absolute atomic E-state index is 0.0462. The lowest BCUT2D eigenvalue weighted by Gasteiger charge is -2.13. The second-order valence-electron chi connectivity index (χ2n) is 11.8. The Labute approximate surface area is 268 Å². The van der Waals surface area contributed by atoms with E-state index < -0.39 is 15.9 Å². The minimum Gasteiger partial charge on any atom is -0.334 e. The largest absolute Gasteiger partial charge is 0.334 e. The van der Waals surface area contributed by atoms with Gasteiger partial charge in [0.2, 0.25) is 0 Å². The summed E-state index contributed by atoms with van der Waals surface area (Å²) in [5, 5.41) is 0. The first-order valence-corrected chi connectivity index (χ1v) is 17.2. The van der Waals surface area contributed by atoms with E-state index in [0.29, 0.717) is 12.1 Å². The summed E-state index contributed by atoms with van der Waals surface area (Å²) in [6.45, 7) is 5.88. The number of hydrogen-bond donors (Lipinski definition) is 1. The van der Waals surface area contributed by atoms with Crippen LogP contribution in [0.4, 0.5) is 0 Å². The summed E-state index contributed by atoms with van der Waals surface area (Å²) in [4.78, 5) is 22.7. The van der Waals surface area contributed by atoms with Gasteiger partial charge in [-0.3, -0.25) is 4.79 Å². The lowest BCUT2D eigenvalue weighted by Crippen LogP contribution is -2.30. The Bertz CT molecular complexity index is 2160. The number of aromatic nitrogens is 4. The third kappa shape index (κ3) is 5.63. The Morgan fingerprint density at radius 1 is 0.891 bits per heavy atom. The van der Waals surface area contributed by atoms with Crippen LogP contribution in [0.5, 0.6) is 0 Å². The first-order valence-electron chi connectivity index (χ1n) is 15.7. The molecule has 6 aromatic rings. The van der Waals surface area contributed by atoms with Crippen molar-refractivity contribution in [2.75, 3.05) is 0 Å². The highest BCUT2D eigenvalue weighted by molar-refractivity contribution is 7.90. The quantitative estimate of drug-likeness (QED) is 0.197. The molecule has 0 fully saturated rings. The lowest BCUT2D eigenvalue weighted by molar-refractivity contribution is 0.0981. The van der Waals surface area contributed by atoms with Crippen molar-refractivity contribution in [3.05, 3.63) is 126 Å². The van der Waals surface area contributed by atoms with Gasteiger partial charge in [-0.05, 0) is 66.8 Å². The molecule has 0 bridgehead atoms. The molecule has 8 nitrogen and oxygen atoms in total. The second kappa shape index (κ2) is 12.1. The van der Waals surface area contributed by atoms with E-state index in [1.54, 1.807) is 48.5 Å². The van der Waals surface area contributed by atoms with Gasteiger partial charge in [0.05, 0.1) is 21.6 Å². The molecule has 3 heterocycles. The molecule has 0 radical (unpaired) electrons. The zero-order valence-corrected chi connectivity index (χ0v) is 26.7. The topological polar surface area (TPSA) is 98.9 Å². The Hall–Kier alpha value is -5.02. The maximum atomic E-state index is 13.4. The minimum atomic E-state index is -4.12. The number of carbonyl (C=O) groups is 1. The van der Waals surface area contributed by atoms with Crippen LogP contribution in [0.15, 0.2) is 102 Å². The number of benzene rings is 4. The molecule has 46 heavy (non-hydrogen) atoms. The lowest BCUT2D eigenvalue weighted by atomic mass is 10.0. The number of hydrogen-bond acceptors (Lipinski definition) is 5. The van der Waals surface area contributed by atoms with Crippen molar-refractivity contribution in [3.63, 3.8) is 0 Å². The van der Waals surface area contributed by atoms with Crippen LogP contribution in [-0.4, -0.2) is 33.4 Å². The molecular weight excluding hydrogens is 595 g/mol. The van der Waals surface area contributed by atoms with Crippen LogP contribution < -0.4 is 4.72 Å². The van der Waals surface area contributed by atoms with Crippen LogP contribution in [0.2, 0.25) is 0 Å². The molecule has 7 rings (SSSR count). The fourth-order valence-corrected chi connectivity index (χ4v) is 7.53. The Morgan fingerprint density at radius 2 is 1.65 bits per heavy atom. The molecule has 0 spiro atoms. The summed E-state index contributed by atoms with van der Waals surface area (Å²) in [6.07, 6.45) is 6.37. The third-order valence-electron chi connectivity index (χ3n) is 8.69. The van der Waals surface area contributed by atoms with Crippen LogP contribution in [0.3, 0.4) is 0 Å². The number of fused-ring (bicyclic) bond motifs is 2. The molecule has 1 amide bonds. The highest BCUT2D eigenvalue weighted by Gasteiger charge is 2.23. The Balaban J connectivity index is 1.19. The number of aryl methyl sites for hydroxylation is 4. The number of imidazole rings is 2. The normalized spacial score (nSPS) is 13.1. The van der Waals surface area contributed by atoms with E-state index >= 15 is 0 Å². The predicted molar refractivity (Wildman–Crippen MR) is 180 cm³/mol. The van der Waals surface area contributed by atoms with Crippen molar-refractivity contribution in [2.45, 2.75) is 57.5 Å². The van der Waals surface area contributed by atoms with E-state index in [1.807, 2.05) is 24.3 Å². The van der Waals surface area contributed by atoms with Crippen molar-refractivity contribution < 1.29 is 13.2 Å². The van der Waals surface area contributed by atoms with Crippen molar-refractivity contribution in [1.82, 2.24) is 23.8 Å². The SMILES string of the molecule is CCc1nc2c(C)cc(-c3cn4c(n3)CCCC4)cc2n1Cc1ccc(-c2ccccc2S(=O)(=O)NC(=O)c2ccccc2)cc1. The monoisotopic (exact) mass is 629 g/mol. The zero-order valence-electron chi connectivity index (χ0n) is 25.9. The summed E-state index contributed by atoms with van der Waals surface area (Å²) in [5.74, 6) is 1.50. The van der Waals surface area contributed by atoms with Gasteiger partial charge < -0.3 is 9.13 Å². The zero-order chi connectivity index (χ0) is 31.8. The summed E-state index contributed by atoms with van der Waals surface area (Å²) < 4.78 is 33.5. The first kappa shape index (κ1) is 29.7. The van der Waals surface area contributed by atoms with Crippen molar-refractivity contribution in [2.24, 2.45) is 0 Å². The van der Waals surface area contributed by atoms with Gasteiger partial charge in [0.15, 0.2) is 0 Å². The predicted octanol–water partition coefficient (Wildman–Crippen LogP) is 6.94. The molecular formula is C37H35N5O3S. The van der Waals surface area contributed by atoms with E-state index in [1.165, 1.54) is 18.9 Å². The number of nitrogens with zero attached hydrogens (tertiary/aromatic N) is 4. The number of carbonyl (C=O) groups excluding carboxylic acids is 1. The van der Waals surface area contributed by atoms with Crippen LogP contribution in [0.25, 0.3) is 33.4 Å². The van der Waals surface area contributed by atoms with Gasteiger partial charge in [0.1, 0.15) is 11.6 Å². The van der Waals surface area contributed by atoms with Crippen LogP contribution in [-0.2, 0) is 36.0 Å². The molecule has 1 N–H and O–H groups in total. The van der Waals surface area contributed by atoms with Crippen molar-refractivity contribution in [3.8, 4) is 22.4 Å². The Morgan fingerprint density at radius 3 is 2.41 bits per heavy atom. The highest BCUT2D eigenvalue weighted by Crippen LogP contribution is 2.31. The molecule has 1 aliphatic rings. The van der Waals surface area contributed by atoms with Crippen LogP contribution >= 0.6 is 0 Å². The number of rotatable bonds is 8. The van der Waals surface area contributed by atoms with E-state index in [-0.39, 0.29) is 10.5 Å². The average molecular weight is 630 g/mol. The average Bonchev–Trinajstić information content (AvgIpc) is 3.67. The maximum absolute atomic E-state index is 13.4. The van der Waals surface area contributed by atoms with E-state index in [9.17, 15) is 13.2 Å². The Kier molecular flexibility index (Phi) is 7.78. The van der Waals surface area contributed by atoms with Crippen LogP contribution in [0.1, 0.15) is 52.9 Å². The molecule has 0 atom stereocenters. The molecule has 2 aromatic heterocycles. The molecule has 9 heteroatoms. The van der Waals surface area contributed by atoms with Gasteiger partial charge in [-0.2, -0.15) is 0 Å². The fraction of sp³-hybridized carbons (Fsp3) is 0.216. The third-order valence-corrected chi connectivity index (χ3v) is 10.1. The molecule has 0 unspecified atom stereocenters. The van der Waals surface area contributed by atoms with Crippen molar-refractivity contribution >= 4 is 27.0 Å². The van der Waals surface area contributed by atoms with Gasteiger partial charge in [-0.15, -0.1) is 0 Å². The molecule has 4 aromatic carbocycles. The maximum Gasteiger partial charge on any atom is 0.264 e. The molecule has 0 saturated carbocycles. The van der Waals surface area contributed by atoms with Crippen LogP contribution in [0, 0.1) is 6.92 Å². The second-order valence-corrected chi connectivity index (χ2v) is 13.5. The summed E-state index contributed by atoms with van der Waals surface area (Å²) in [7, 11) is -4.12. The number of nitrogens with one attached hydrogen (secondary N) is 1. The van der Waals surface area contributed by atoms with E-state index in [2.05, 4.69) is 46.0 Å². The van der Waals surface area contributed by atoms with Gasteiger partial charge in [0.25, 0.3) is 15.9 Å². The van der Waals surface area contributed by atoms with Crippen molar-refractivity contribution in [1.29, 1.82) is 0 Å². The van der Waals surface area contributed by atoms with Gasteiger partial charge >= 0.3 is 0 Å². The smallest absolute Gasteiger partial charge is 0.264 e. The fourth-order valence-electron chi connectivity index (χ4n) is 6.32. The summed E-state index contributed by atoms with van der Waals surface area (Å²) in [5.41, 5.74) is 7.91. The molecule has 0 aliphatic carbocycles. The van der Waals surface area contributed by atoms with Gasteiger partial charge in [0, 0.05) is 48.8 Å². The van der Waals surface area contributed by atoms with E-state index in [4.69, 9.17) is 9.97 Å². The first-order chi connectivity index (χ1) is 22.3. The molecule has 232 valence electrons.